The summed E-state index contributed by atoms with van der Waals surface area (Å²) in [6.07, 6.45) is 0.652. The summed E-state index contributed by atoms with van der Waals surface area (Å²) in [7, 11) is 0. The van der Waals surface area contributed by atoms with Gasteiger partial charge in [0.05, 0.1) is 0 Å². The van der Waals surface area contributed by atoms with Gasteiger partial charge in [-0.2, -0.15) is 8.78 Å². The van der Waals surface area contributed by atoms with E-state index in [1.165, 1.54) is 0 Å². The molecule has 15 heavy (non-hydrogen) atoms. The average Bonchev–Trinajstić information content (AvgIpc) is 2.20. The van der Waals surface area contributed by atoms with Crippen molar-refractivity contribution >= 4 is 0 Å². The Morgan fingerprint density at radius 3 is 2.60 bits per heavy atom. The zero-order chi connectivity index (χ0) is 11.3. The highest BCUT2D eigenvalue weighted by Gasteiger charge is 2.10. The first-order chi connectivity index (χ1) is 7.13. The molecule has 1 rings (SSSR count). The van der Waals surface area contributed by atoms with Gasteiger partial charge in [0.25, 0.3) is 0 Å². The molecule has 0 amide bonds. The third-order valence-corrected chi connectivity index (χ3v) is 2.16. The molecule has 2 N–H and O–H groups in total. The van der Waals surface area contributed by atoms with Gasteiger partial charge < -0.3 is 10.5 Å². The molecule has 1 aromatic carbocycles. The molecule has 84 valence electrons. The smallest absolute Gasteiger partial charge is 0.387 e. The zero-order valence-electron chi connectivity index (χ0n) is 8.62. The van der Waals surface area contributed by atoms with Crippen molar-refractivity contribution in [2.45, 2.75) is 20.0 Å². The van der Waals surface area contributed by atoms with E-state index in [4.69, 9.17) is 5.73 Å². The highest BCUT2D eigenvalue weighted by molar-refractivity contribution is 5.33. The van der Waals surface area contributed by atoms with Crippen LogP contribution in [0.3, 0.4) is 0 Å². The number of nitrogens with two attached hydrogens (primary N) is 1. The van der Waals surface area contributed by atoms with Crippen LogP contribution < -0.4 is 10.5 Å². The van der Waals surface area contributed by atoms with Crippen molar-refractivity contribution in [1.29, 1.82) is 0 Å². The molecule has 1 atom stereocenters. The van der Waals surface area contributed by atoms with Gasteiger partial charge in [-0.05, 0) is 30.5 Å². The molecule has 0 aromatic heterocycles. The molecule has 0 spiro atoms. The van der Waals surface area contributed by atoms with E-state index < -0.39 is 6.61 Å². The van der Waals surface area contributed by atoms with Crippen LogP contribution in [0.5, 0.6) is 5.75 Å². The van der Waals surface area contributed by atoms with Crippen molar-refractivity contribution in [2.24, 2.45) is 11.7 Å². The molecule has 1 aromatic rings. The van der Waals surface area contributed by atoms with E-state index in [0.717, 1.165) is 5.56 Å². The lowest BCUT2D eigenvalue weighted by Crippen LogP contribution is -2.14. The largest absolute Gasteiger partial charge is 0.435 e. The highest BCUT2D eigenvalue weighted by atomic mass is 19.3. The van der Waals surface area contributed by atoms with Crippen molar-refractivity contribution < 1.29 is 13.5 Å². The maximum absolute atomic E-state index is 12.1. The molecule has 0 unspecified atom stereocenters. The molecular formula is C11H15F2NO. The molecular weight excluding hydrogens is 200 g/mol. The van der Waals surface area contributed by atoms with Gasteiger partial charge in [0.2, 0.25) is 0 Å². The van der Waals surface area contributed by atoms with Crippen LogP contribution in [0.15, 0.2) is 24.3 Å². The number of hydrogen-bond donors (Lipinski definition) is 1. The van der Waals surface area contributed by atoms with E-state index in [1.807, 2.05) is 6.92 Å². The lowest BCUT2D eigenvalue weighted by Gasteiger charge is -2.13. The van der Waals surface area contributed by atoms with Crippen molar-refractivity contribution in [1.82, 2.24) is 0 Å². The Hall–Kier alpha value is -1.16. The van der Waals surface area contributed by atoms with Crippen LogP contribution in [-0.2, 0) is 6.42 Å². The monoisotopic (exact) mass is 215 g/mol. The molecule has 2 nitrogen and oxygen atoms in total. The SMILES string of the molecule is C[C@H](CN)Cc1ccccc1OC(F)F. The molecule has 0 aliphatic rings. The van der Waals surface area contributed by atoms with Gasteiger partial charge in [-0.15, -0.1) is 0 Å². The first-order valence-corrected chi connectivity index (χ1v) is 4.86. The summed E-state index contributed by atoms with van der Waals surface area (Å²) in [5.74, 6) is 0.500. The minimum atomic E-state index is -2.78. The second-order valence-corrected chi connectivity index (χ2v) is 3.53. The van der Waals surface area contributed by atoms with Gasteiger partial charge in [0.15, 0.2) is 0 Å². The summed E-state index contributed by atoms with van der Waals surface area (Å²) in [6, 6.07) is 6.81. The average molecular weight is 215 g/mol. The number of benzene rings is 1. The van der Waals surface area contributed by atoms with E-state index in [1.54, 1.807) is 24.3 Å². The normalized spacial score (nSPS) is 12.9. The molecule has 0 fully saturated rings. The minimum Gasteiger partial charge on any atom is -0.435 e. The molecule has 4 heteroatoms. The van der Waals surface area contributed by atoms with Crippen LogP contribution in [-0.4, -0.2) is 13.2 Å². The Labute approximate surface area is 88.0 Å². The summed E-state index contributed by atoms with van der Waals surface area (Å²) in [4.78, 5) is 0. The van der Waals surface area contributed by atoms with Crippen LogP contribution in [0, 0.1) is 5.92 Å². The Morgan fingerprint density at radius 1 is 1.33 bits per heavy atom. The fraction of sp³-hybridized carbons (Fsp3) is 0.455. The summed E-state index contributed by atoms with van der Waals surface area (Å²) in [5.41, 5.74) is 6.26. The third kappa shape index (κ3) is 3.83. The third-order valence-electron chi connectivity index (χ3n) is 2.16. The van der Waals surface area contributed by atoms with E-state index in [2.05, 4.69) is 4.74 Å². The molecule has 0 saturated carbocycles. The molecule has 0 radical (unpaired) electrons. The number of para-hydroxylation sites is 1. The van der Waals surface area contributed by atoms with E-state index >= 15 is 0 Å². The number of rotatable bonds is 5. The minimum absolute atomic E-state index is 0.243. The predicted octanol–water partition coefficient (Wildman–Crippen LogP) is 2.43. The summed E-state index contributed by atoms with van der Waals surface area (Å²) in [6.45, 7) is -0.276. The standard InChI is InChI=1S/C11H15F2NO/c1-8(7-14)6-9-4-2-3-5-10(9)15-11(12)13/h2-5,8,11H,6-7,14H2,1H3/t8-/m0/s1. The molecule has 0 heterocycles. The number of hydrogen-bond acceptors (Lipinski definition) is 2. The lowest BCUT2D eigenvalue weighted by molar-refractivity contribution is -0.0505. The maximum atomic E-state index is 12.1. The van der Waals surface area contributed by atoms with E-state index in [9.17, 15) is 8.78 Å². The first kappa shape index (κ1) is 11.9. The summed E-state index contributed by atoms with van der Waals surface area (Å²) < 4.78 is 28.6. The van der Waals surface area contributed by atoms with Crippen LogP contribution >= 0.6 is 0 Å². The van der Waals surface area contributed by atoms with Crippen LogP contribution in [0.2, 0.25) is 0 Å². The van der Waals surface area contributed by atoms with Gasteiger partial charge in [-0.3, -0.25) is 0 Å². The van der Waals surface area contributed by atoms with Crippen molar-refractivity contribution in [2.75, 3.05) is 6.54 Å². The second kappa shape index (κ2) is 5.66. The topological polar surface area (TPSA) is 35.2 Å². The Morgan fingerprint density at radius 2 is 2.00 bits per heavy atom. The maximum Gasteiger partial charge on any atom is 0.387 e. The first-order valence-electron chi connectivity index (χ1n) is 4.86. The second-order valence-electron chi connectivity index (χ2n) is 3.53. The molecule has 0 saturated heterocycles. The van der Waals surface area contributed by atoms with Gasteiger partial charge in [-0.1, -0.05) is 25.1 Å². The van der Waals surface area contributed by atoms with Gasteiger partial charge in [0, 0.05) is 0 Å². The predicted molar refractivity (Wildman–Crippen MR) is 55.0 cm³/mol. The molecule has 0 bridgehead atoms. The van der Waals surface area contributed by atoms with Gasteiger partial charge in [-0.25, -0.2) is 0 Å². The van der Waals surface area contributed by atoms with Crippen LogP contribution in [0.1, 0.15) is 12.5 Å². The Kier molecular flexibility index (Phi) is 4.49. The molecule has 0 aliphatic carbocycles. The van der Waals surface area contributed by atoms with Crippen molar-refractivity contribution in [3.05, 3.63) is 29.8 Å². The van der Waals surface area contributed by atoms with E-state index in [0.29, 0.717) is 13.0 Å². The fourth-order valence-corrected chi connectivity index (χ4v) is 1.34. The quantitative estimate of drug-likeness (QED) is 0.818. The lowest BCUT2D eigenvalue weighted by atomic mass is 10.0. The molecule has 0 aliphatic heterocycles. The van der Waals surface area contributed by atoms with Crippen LogP contribution in [0.4, 0.5) is 8.78 Å². The van der Waals surface area contributed by atoms with Gasteiger partial charge in [0.1, 0.15) is 5.75 Å². The number of ether oxygens (including phenoxy) is 1. The van der Waals surface area contributed by atoms with E-state index in [-0.39, 0.29) is 11.7 Å². The Bertz CT molecular complexity index is 304. The van der Waals surface area contributed by atoms with Gasteiger partial charge >= 0.3 is 6.61 Å². The van der Waals surface area contributed by atoms with Crippen molar-refractivity contribution in [3.8, 4) is 5.75 Å². The number of alkyl halides is 2. The summed E-state index contributed by atoms with van der Waals surface area (Å²) >= 11 is 0. The summed E-state index contributed by atoms with van der Waals surface area (Å²) in [5, 5.41) is 0. The Balaban J connectivity index is 2.76. The zero-order valence-corrected chi connectivity index (χ0v) is 8.62. The van der Waals surface area contributed by atoms with Crippen LogP contribution in [0.25, 0.3) is 0 Å². The van der Waals surface area contributed by atoms with Crippen molar-refractivity contribution in [3.63, 3.8) is 0 Å². The number of halogens is 2. The fourth-order valence-electron chi connectivity index (χ4n) is 1.34. The highest BCUT2D eigenvalue weighted by Crippen LogP contribution is 2.22.